The number of halogens is 1. The normalized spacial score (nSPS) is 10.0. The van der Waals surface area contributed by atoms with Gasteiger partial charge >= 0.3 is 5.97 Å². The van der Waals surface area contributed by atoms with Crippen LogP contribution >= 0.6 is 0 Å². The monoisotopic (exact) mass is 149 g/mol. The number of likely N-dealkylation sites (N-methyl/N-ethyl adjacent to an activating group) is 1. The minimum absolute atomic E-state index is 0.153. The highest BCUT2D eigenvalue weighted by Crippen LogP contribution is 1.83. The summed E-state index contributed by atoms with van der Waals surface area (Å²) in [4.78, 5) is 12.1. The van der Waals surface area contributed by atoms with Gasteiger partial charge in [-0.3, -0.25) is 9.69 Å². The number of carbonyl (C=O) groups is 1. The summed E-state index contributed by atoms with van der Waals surface area (Å²) in [5, 5.41) is 0. The second kappa shape index (κ2) is 5.17. The Kier molecular flexibility index (Phi) is 4.84. The maximum atomic E-state index is 11.6. The van der Waals surface area contributed by atoms with Gasteiger partial charge in [-0.2, -0.15) is 0 Å². The average Bonchev–Trinajstić information content (AvgIpc) is 1.88. The molecule has 0 atom stereocenters. The third kappa shape index (κ3) is 4.26. The summed E-state index contributed by atoms with van der Waals surface area (Å²) in [7, 11) is 2.97. The van der Waals surface area contributed by atoms with Gasteiger partial charge in [-0.1, -0.05) is 0 Å². The molecule has 0 aromatic heterocycles. The number of hydrogen-bond donors (Lipinski definition) is 0. The zero-order valence-electron chi connectivity index (χ0n) is 6.26. The Balaban J connectivity index is 3.37. The second-order valence-corrected chi connectivity index (χ2v) is 2.00. The van der Waals surface area contributed by atoms with Crippen molar-refractivity contribution >= 4 is 5.97 Å². The lowest BCUT2D eigenvalue weighted by Crippen LogP contribution is -2.28. The highest BCUT2D eigenvalue weighted by Gasteiger charge is 2.04. The van der Waals surface area contributed by atoms with E-state index in [0.29, 0.717) is 0 Å². The minimum Gasteiger partial charge on any atom is -0.468 e. The molecule has 60 valence electrons. The van der Waals surface area contributed by atoms with Crippen molar-refractivity contribution in [2.24, 2.45) is 0 Å². The van der Waals surface area contributed by atoms with Crippen molar-refractivity contribution in [3.05, 3.63) is 0 Å². The van der Waals surface area contributed by atoms with Crippen LogP contribution in [0.25, 0.3) is 0 Å². The van der Waals surface area contributed by atoms with E-state index < -0.39 is 6.67 Å². The van der Waals surface area contributed by atoms with E-state index in [1.165, 1.54) is 7.11 Å². The summed E-state index contributed by atoms with van der Waals surface area (Å²) >= 11 is 0. The molecule has 0 aliphatic carbocycles. The number of alkyl halides is 1. The molecule has 0 rings (SSSR count). The van der Waals surface area contributed by atoms with E-state index in [4.69, 9.17) is 0 Å². The first kappa shape index (κ1) is 9.36. The fourth-order valence-electron chi connectivity index (χ4n) is 0.508. The van der Waals surface area contributed by atoms with Gasteiger partial charge in [0.15, 0.2) is 0 Å². The number of nitrogens with zero attached hydrogens (tertiary/aromatic N) is 1. The number of esters is 1. The molecule has 0 aliphatic heterocycles. The van der Waals surface area contributed by atoms with E-state index in [0.717, 1.165) is 0 Å². The molecule has 4 heteroatoms. The summed E-state index contributed by atoms with van der Waals surface area (Å²) in [5.41, 5.74) is 0. The number of hydrogen-bond acceptors (Lipinski definition) is 3. The Bertz CT molecular complexity index is 108. The first-order chi connectivity index (χ1) is 4.70. The van der Waals surface area contributed by atoms with Crippen LogP contribution in [-0.4, -0.2) is 44.8 Å². The van der Waals surface area contributed by atoms with Gasteiger partial charge in [0.05, 0.1) is 13.7 Å². The Morgan fingerprint density at radius 3 is 2.70 bits per heavy atom. The first-order valence-corrected chi connectivity index (χ1v) is 3.02. The van der Waals surface area contributed by atoms with E-state index >= 15 is 0 Å². The predicted molar refractivity (Wildman–Crippen MR) is 35.5 cm³/mol. The molecule has 0 aliphatic rings. The van der Waals surface area contributed by atoms with Gasteiger partial charge in [0.1, 0.15) is 6.67 Å². The third-order valence-corrected chi connectivity index (χ3v) is 1.09. The summed E-state index contributed by atoms with van der Waals surface area (Å²) in [6, 6.07) is 0. The molecule has 0 aromatic carbocycles. The molecule has 10 heavy (non-hydrogen) atoms. The first-order valence-electron chi connectivity index (χ1n) is 3.02. The van der Waals surface area contributed by atoms with Gasteiger partial charge in [-0.25, -0.2) is 4.39 Å². The maximum absolute atomic E-state index is 11.6. The summed E-state index contributed by atoms with van der Waals surface area (Å²) in [6.07, 6.45) is 0. The molecule has 0 unspecified atom stereocenters. The topological polar surface area (TPSA) is 29.5 Å². The van der Waals surface area contributed by atoms with Crippen LogP contribution in [0.1, 0.15) is 0 Å². The van der Waals surface area contributed by atoms with Crippen molar-refractivity contribution in [2.75, 3.05) is 33.9 Å². The minimum atomic E-state index is -0.437. The molecule has 0 fully saturated rings. The average molecular weight is 149 g/mol. The molecule has 0 amide bonds. The quantitative estimate of drug-likeness (QED) is 0.529. The van der Waals surface area contributed by atoms with Crippen LogP contribution in [0.15, 0.2) is 0 Å². The standard InChI is InChI=1S/C6H12FNO2/c1-8(4-3-7)5-6(9)10-2/h3-5H2,1-2H3. The zero-order valence-corrected chi connectivity index (χ0v) is 6.26. The van der Waals surface area contributed by atoms with Gasteiger partial charge in [0, 0.05) is 6.54 Å². The lowest BCUT2D eigenvalue weighted by molar-refractivity contribution is -0.141. The summed E-state index contributed by atoms with van der Waals surface area (Å²) in [6.45, 7) is -0.0109. The summed E-state index contributed by atoms with van der Waals surface area (Å²) < 4.78 is 16.0. The number of rotatable bonds is 4. The molecule has 0 heterocycles. The largest absolute Gasteiger partial charge is 0.468 e. The fraction of sp³-hybridized carbons (Fsp3) is 0.833. The van der Waals surface area contributed by atoms with Gasteiger partial charge in [0.2, 0.25) is 0 Å². The molecular weight excluding hydrogens is 137 g/mol. The van der Waals surface area contributed by atoms with Crippen molar-refractivity contribution in [2.45, 2.75) is 0 Å². The summed E-state index contributed by atoms with van der Waals surface area (Å²) in [5.74, 6) is -0.337. The van der Waals surface area contributed by atoms with Crippen LogP contribution in [0, 0.1) is 0 Å². The molecule has 0 spiro atoms. The van der Waals surface area contributed by atoms with Gasteiger partial charge in [-0.05, 0) is 7.05 Å². The lowest BCUT2D eigenvalue weighted by atomic mass is 10.5. The number of carbonyl (C=O) groups excluding carboxylic acids is 1. The fourth-order valence-corrected chi connectivity index (χ4v) is 0.508. The number of methoxy groups -OCH3 is 1. The Hall–Kier alpha value is -0.640. The lowest BCUT2D eigenvalue weighted by Gasteiger charge is -2.11. The van der Waals surface area contributed by atoms with Crippen LogP contribution in [0.3, 0.4) is 0 Å². The molecule has 0 saturated heterocycles. The third-order valence-electron chi connectivity index (χ3n) is 1.09. The molecule has 0 radical (unpaired) electrons. The van der Waals surface area contributed by atoms with Crippen LogP contribution in [-0.2, 0) is 9.53 Å². The molecule has 0 N–H and O–H groups in total. The maximum Gasteiger partial charge on any atom is 0.319 e. The Labute approximate surface area is 59.8 Å². The van der Waals surface area contributed by atoms with E-state index in [1.807, 2.05) is 0 Å². The molecular formula is C6H12FNO2. The van der Waals surface area contributed by atoms with Crippen LogP contribution in [0.2, 0.25) is 0 Å². The highest BCUT2D eigenvalue weighted by atomic mass is 19.1. The molecule has 0 saturated carbocycles. The van der Waals surface area contributed by atoms with Crippen LogP contribution in [0.5, 0.6) is 0 Å². The van der Waals surface area contributed by atoms with Crippen LogP contribution in [0.4, 0.5) is 4.39 Å². The van der Waals surface area contributed by atoms with E-state index in [1.54, 1.807) is 11.9 Å². The molecule has 3 nitrogen and oxygen atoms in total. The zero-order chi connectivity index (χ0) is 7.98. The van der Waals surface area contributed by atoms with E-state index in [-0.39, 0.29) is 19.1 Å². The van der Waals surface area contributed by atoms with Crippen LogP contribution < -0.4 is 0 Å². The van der Waals surface area contributed by atoms with E-state index in [2.05, 4.69) is 4.74 Å². The molecule has 0 bridgehead atoms. The molecule has 0 aromatic rings. The van der Waals surface area contributed by atoms with Crippen molar-refractivity contribution in [1.29, 1.82) is 0 Å². The van der Waals surface area contributed by atoms with E-state index in [9.17, 15) is 9.18 Å². The van der Waals surface area contributed by atoms with Crippen molar-refractivity contribution in [3.8, 4) is 0 Å². The SMILES string of the molecule is COC(=O)CN(C)CCF. The van der Waals surface area contributed by atoms with Gasteiger partial charge in [0.25, 0.3) is 0 Å². The Morgan fingerprint density at radius 2 is 2.30 bits per heavy atom. The predicted octanol–water partition coefficient (Wildman–Crippen LogP) is 0.0607. The van der Waals surface area contributed by atoms with Gasteiger partial charge < -0.3 is 4.74 Å². The Morgan fingerprint density at radius 1 is 1.70 bits per heavy atom. The highest BCUT2D eigenvalue weighted by molar-refractivity contribution is 5.71. The van der Waals surface area contributed by atoms with Crippen molar-refractivity contribution < 1.29 is 13.9 Å². The van der Waals surface area contributed by atoms with Gasteiger partial charge in [-0.15, -0.1) is 0 Å². The van der Waals surface area contributed by atoms with Crippen molar-refractivity contribution in [1.82, 2.24) is 4.90 Å². The number of ether oxygens (including phenoxy) is 1. The smallest absolute Gasteiger partial charge is 0.319 e. The second-order valence-electron chi connectivity index (χ2n) is 2.00. The van der Waals surface area contributed by atoms with Crippen molar-refractivity contribution in [3.63, 3.8) is 0 Å².